The van der Waals surface area contributed by atoms with Crippen molar-refractivity contribution in [3.63, 3.8) is 0 Å². The monoisotopic (exact) mass is 1650 g/mol. The first kappa shape index (κ1) is 74.2. The van der Waals surface area contributed by atoms with Crippen LogP contribution in [-0.2, 0) is 16.2 Å². The van der Waals surface area contributed by atoms with Crippen LogP contribution in [0.1, 0.15) is 74.9 Å². The number of fused-ring (bicyclic) bond motifs is 15. The van der Waals surface area contributed by atoms with Crippen LogP contribution in [0, 0.1) is 0 Å². The number of hydrogen-bond donors (Lipinski definition) is 0. The fourth-order valence-corrected chi connectivity index (χ4v) is 23.0. The minimum absolute atomic E-state index is 0.0548. The molecule has 0 saturated carbocycles. The van der Waals surface area contributed by atoms with Gasteiger partial charge in [0.2, 0.25) is 0 Å². The number of pyridine rings is 3. The van der Waals surface area contributed by atoms with E-state index in [-0.39, 0.29) is 16.7 Å². The van der Waals surface area contributed by atoms with E-state index in [1.54, 1.807) is 0 Å². The Labute approximate surface area is 743 Å². The number of hydrogen-bond acceptors (Lipinski definition) is 4. The summed E-state index contributed by atoms with van der Waals surface area (Å²) in [5.41, 5.74) is 31.4. The van der Waals surface area contributed by atoms with Gasteiger partial charge in [0.1, 0.15) is 0 Å². The van der Waals surface area contributed by atoms with Gasteiger partial charge in [0.15, 0.2) is 0 Å². The number of nitrogens with zero attached hydrogens (tertiary/aromatic N) is 6. The summed E-state index contributed by atoms with van der Waals surface area (Å²) in [7, 11) is 0. The van der Waals surface area contributed by atoms with Crippen molar-refractivity contribution < 1.29 is 0 Å². The topological polar surface area (TPSA) is 79.1 Å². The lowest BCUT2D eigenvalue weighted by atomic mass is 9.66. The summed E-state index contributed by atoms with van der Waals surface area (Å²) in [6, 6.07) is 138. The van der Waals surface area contributed by atoms with E-state index in [1.165, 1.54) is 50.1 Å². The van der Waals surface area contributed by atoms with E-state index in [2.05, 4.69) is 395 Å². The molecule has 0 aliphatic carbocycles. The lowest BCUT2D eigenvalue weighted by molar-refractivity contribution is 0.594. The smallest absolute Gasteiger partial charge is 0.263 e. The molecule has 5 aromatic heterocycles. The van der Waals surface area contributed by atoms with Crippen LogP contribution in [0.2, 0.25) is 0 Å². The van der Waals surface area contributed by atoms with Gasteiger partial charge in [-0.25, -0.2) is 0 Å². The molecule has 0 N–H and O–H groups in total. The lowest BCUT2D eigenvalue weighted by Gasteiger charge is -2.43. The third kappa shape index (κ3) is 10.5. The summed E-state index contributed by atoms with van der Waals surface area (Å²) in [6.07, 6.45) is 0. The molecule has 0 unspecified atom stereocenters. The van der Waals surface area contributed by atoms with Crippen molar-refractivity contribution in [1.82, 2.24) is 22.8 Å². The zero-order valence-corrected chi connectivity index (χ0v) is 71.9. The van der Waals surface area contributed by atoms with Crippen LogP contribution in [0.4, 0.5) is 17.1 Å². The maximum atomic E-state index is 16.2. The molecule has 0 radical (unpaired) electrons. The van der Waals surface area contributed by atoms with E-state index < -0.39 is 16.2 Å². The summed E-state index contributed by atoms with van der Waals surface area (Å²) in [5.74, 6) is 0. The highest BCUT2D eigenvalue weighted by Gasteiger charge is 2.46. The number of para-hydroxylation sites is 6. The second kappa shape index (κ2) is 27.1. The zero-order chi connectivity index (χ0) is 86.4. The maximum Gasteiger partial charge on any atom is 0.263 e. The summed E-state index contributed by atoms with van der Waals surface area (Å²) in [4.78, 5) is 48.9. The number of rotatable bonds is 10. The molecule has 0 atom stereocenters. The van der Waals surface area contributed by atoms with Crippen molar-refractivity contribution in [3.05, 3.63) is 453 Å². The SMILES string of the molecule is CC1(C)c2ccccc2N(c2ccc(-n3c(=O)c4ccccc4c4ccccc43)cc2)c2cccc(-c3ccc4c(=O)n(-c5cc6c7c(c5)c5cccc8c5n7-c5c(ccc(-c7ccc9c(=O)n(-c%10ccc%11c(c%10)c%10ccccc%10n%11-c%10cccc(-c%11cc(-c%12ccccc%12)cc(-c%12ccccc%12)c%11)c%10)c%10ccccc%10c9c7)c5C8(C)C)C6(C)C)c5ccccc5c4c3)c21. The second-order valence-corrected chi connectivity index (χ2v) is 36.9. The molecule has 0 amide bonds. The second-order valence-electron chi connectivity index (χ2n) is 36.9. The van der Waals surface area contributed by atoms with Gasteiger partial charge in [-0.3, -0.25) is 28.1 Å². The highest BCUT2D eigenvalue weighted by molar-refractivity contribution is 6.17. The molecule has 9 heteroatoms. The minimum Gasteiger partial charge on any atom is -0.310 e. The van der Waals surface area contributed by atoms with Crippen LogP contribution in [0.25, 0.3) is 193 Å². The fourth-order valence-electron chi connectivity index (χ4n) is 23.0. The molecule has 23 aromatic rings. The molecule has 0 spiro atoms. The van der Waals surface area contributed by atoms with Crippen LogP contribution in [0.5, 0.6) is 0 Å². The highest BCUT2D eigenvalue weighted by atomic mass is 16.1. The summed E-state index contributed by atoms with van der Waals surface area (Å²) >= 11 is 0. The van der Waals surface area contributed by atoms with E-state index in [0.29, 0.717) is 16.2 Å². The minimum atomic E-state index is -0.548. The van der Waals surface area contributed by atoms with Crippen molar-refractivity contribution in [3.8, 4) is 84.1 Å². The van der Waals surface area contributed by atoms with Crippen molar-refractivity contribution >= 4 is 126 Å². The van der Waals surface area contributed by atoms with Gasteiger partial charge in [-0.15, -0.1) is 0 Å². The molecule has 0 saturated heterocycles. The average molecular weight is 1660 g/mol. The van der Waals surface area contributed by atoms with Crippen molar-refractivity contribution in [2.45, 2.75) is 57.8 Å². The molecule has 26 rings (SSSR count). The van der Waals surface area contributed by atoms with Gasteiger partial charge in [0.25, 0.3) is 16.7 Å². The molecule has 0 bridgehead atoms. The van der Waals surface area contributed by atoms with E-state index in [0.717, 1.165) is 177 Å². The molecule has 3 aliphatic rings. The number of benzene rings is 18. The first-order chi connectivity index (χ1) is 63.0. The average Bonchev–Trinajstić information content (AvgIpc) is 1.54. The quantitative estimate of drug-likeness (QED) is 0.128. The van der Waals surface area contributed by atoms with Gasteiger partial charge in [-0.2, -0.15) is 0 Å². The molecular weight excluding hydrogens is 1570 g/mol. The van der Waals surface area contributed by atoms with Crippen LogP contribution in [-0.4, -0.2) is 22.8 Å². The molecule has 3 aliphatic heterocycles. The summed E-state index contributed by atoms with van der Waals surface area (Å²) < 4.78 is 10.7. The van der Waals surface area contributed by atoms with Gasteiger partial charge in [0.05, 0.1) is 67.1 Å². The standard InChI is InChI=1S/C120H82N6O3/c1-118(2)101-60-59-85(75-51-58-93-96(67-75)88-36-16-22-46-105(88)124(116(93)128)82-56-61-107-97(68-82)90-38-18-20-44-103(90)122(107)81-33-25-32-73(65-81)78-63-76(71-28-9-7-10-29-71)62-77(64-78)72-30-11-8-12-31-72)111-114(101)126-112-91(41-26-43-100(112)120(111,5)6)98-69-83(70-102(118)113(98)126)125-106-47-23-17-37-89(106)95-66-74(50-57-94(95)117(125)129)84-40-27-49-109-110(84)119(3,4)99-42-19-24-48-108(99)121(109)79-52-54-80(55-53-79)123-104-45-21-15-35-87(104)86-34-13-14-39-92(86)115(123)127/h7-70H,1-6H3. The van der Waals surface area contributed by atoms with Gasteiger partial charge < -0.3 is 14.0 Å². The highest BCUT2D eigenvalue weighted by Crippen LogP contribution is 2.60. The number of anilines is 3. The lowest BCUT2D eigenvalue weighted by Crippen LogP contribution is -2.34. The van der Waals surface area contributed by atoms with E-state index in [1.807, 2.05) is 62.2 Å². The fraction of sp³-hybridized carbons (Fsp3) is 0.0750. The Hall–Kier alpha value is -16.2. The molecule has 610 valence electrons. The molecule has 18 aromatic carbocycles. The van der Waals surface area contributed by atoms with Gasteiger partial charge in [-0.1, -0.05) is 278 Å². The molecular formula is C120H82N6O3. The Bertz CT molecular complexity index is 9050. The third-order valence-corrected chi connectivity index (χ3v) is 29.0. The Morgan fingerprint density at radius 1 is 0.194 bits per heavy atom. The zero-order valence-electron chi connectivity index (χ0n) is 71.9. The Morgan fingerprint density at radius 3 is 1.26 bits per heavy atom. The van der Waals surface area contributed by atoms with E-state index in [9.17, 15) is 4.79 Å². The Kier molecular flexibility index (Phi) is 15.6. The molecule has 9 nitrogen and oxygen atoms in total. The van der Waals surface area contributed by atoms with E-state index in [4.69, 9.17) is 0 Å². The molecule has 8 heterocycles. The molecule has 129 heavy (non-hydrogen) atoms. The van der Waals surface area contributed by atoms with Crippen LogP contribution < -0.4 is 21.6 Å². The van der Waals surface area contributed by atoms with Crippen LogP contribution >= 0.6 is 0 Å². The Morgan fingerprint density at radius 2 is 0.620 bits per heavy atom. The van der Waals surface area contributed by atoms with Crippen molar-refractivity contribution in [1.29, 1.82) is 0 Å². The first-order valence-electron chi connectivity index (χ1n) is 44.6. The van der Waals surface area contributed by atoms with Crippen LogP contribution in [0.15, 0.2) is 403 Å². The van der Waals surface area contributed by atoms with E-state index >= 15 is 9.59 Å². The summed E-state index contributed by atoms with van der Waals surface area (Å²) in [6.45, 7) is 14.1. The van der Waals surface area contributed by atoms with Gasteiger partial charge in [0, 0.05) is 87.2 Å². The van der Waals surface area contributed by atoms with Crippen LogP contribution in [0.3, 0.4) is 0 Å². The predicted molar refractivity (Wildman–Crippen MR) is 535 cm³/mol. The van der Waals surface area contributed by atoms with Gasteiger partial charge >= 0.3 is 0 Å². The van der Waals surface area contributed by atoms with Gasteiger partial charge in [-0.05, 0) is 257 Å². The maximum absolute atomic E-state index is 16.2. The first-order valence-corrected chi connectivity index (χ1v) is 44.6. The summed E-state index contributed by atoms with van der Waals surface area (Å²) in [5, 5.41) is 12.1. The van der Waals surface area contributed by atoms with Crippen molar-refractivity contribution in [2.75, 3.05) is 4.90 Å². The molecule has 0 fully saturated rings. The third-order valence-electron chi connectivity index (χ3n) is 29.0. The normalized spacial score (nSPS) is 13.9. The predicted octanol–water partition coefficient (Wildman–Crippen LogP) is 29.0. The largest absolute Gasteiger partial charge is 0.310 e. The number of aromatic nitrogens is 5. The Balaban J connectivity index is 0.571. The van der Waals surface area contributed by atoms with Crippen molar-refractivity contribution in [2.24, 2.45) is 0 Å².